The van der Waals surface area contributed by atoms with Gasteiger partial charge in [-0.25, -0.2) is 8.42 Å². The van der Waals surface area contributed by atoms with E-state index in [0.29, 0.717) is 42.5 Å². The van der Waals surface area contributed by atoms with Gasteiger partial charge >= 0.3 is 0 Å². The molecular formula is C25H26ClN3O3S. The second-order valence-corrected chi connectivity index (χ2v) is 10.3. The largest absolute Gasteiger partial charge is 0.336 e. The SMILES string of the molecule is CS(=O)(=O)Nc1ccc(Cl)c(C(=O)N2CCN(C(c3ccccc3)c3ccccc3)CC2)c1. The summed E-state index contributed by atoms with van der Waals surface area (Å²) in [4.78, 5) is 17.4. The van der Waals surface area contributed by atoms with E-state index < -0.39 is 10.0 Å². The first-order valence-electron chi connectivity index (χ1n) is 10.7. The lowest BCUT2D eigenvalue weighted by atomic mass is 9.96. The fraction of sp³-hybridized carbons (Fsp3) is 0.240. The van der Waals surface area contributed by atoms with Gasteiger partial charge in [-0.3, -0.25) is 14.4 Å². The predicted molar refractivity (Wildman–Crippen MR) is 132 cm³/mol. The van der Waals surface area contributed by atoms with Crippen molar-refractivity contribution in [2.75, 3.05) is 37.2 Å². The molecule has 0 spiro atoms. The molecule has 0 aromatic heterocycles. The van der Waals surface area contributed by atoms with Gasteiger partial charge in [0.1, 0.15) is 0 Å². The van der Waals surface area contributed by atoms with Crippen molar-refractivity contribution in [3.8, 4) is 0 Å². The van der Waals surface area contributed by atoms with Crippen molar-refractivity contribution in [3.05, 3.63) is 101 Å². The highest BCUT2D eigenvalue weighted by molar-refractivity contribution is 7.92. The molecule has 1 aliphatic rings. The minimum Gasteiger partial charge on any atom is -0.336 e. The summed E-state index contributed by atoms with van der Waals surface area (Å²) in [6.07, 6.45) is 1.07. The van der Waals surface area contributed by atoms with Crippen LogP contribution in [0.1, 0.15) is 27.5 Å². The summed E-state index contributed by atoms with van der Waals surface area (Å²) in [6, 6.07) is 25.4. The highest BCUT2D eigenvalue weighted by Crippen LogP contribution is 2.30. The first kappa shape index (κ1) is 23.3. The molecule has 1 amide bonds. The topological polar surface area (TPSA) is 69.7 Å². The second-order valence-electron chi connectivity index (χ2n) is 8.12. The maximum absolute atomic E-state index is 13.2. The number of benzene rings is 3. The van der Waals surface area contributed by atoms with E-state index >= 15 is 0 Å². The Morgan fingerprint density at radius 2 is 1.42 bits per heavy atom. The number of piperazine rings is 1. The molecule has 1 heterocycles. The van der Waals surface area contributed by atoms with Crippen LogP contribution in [0.5, 0.6) is 0 Å². The van der Waals surface area contributed by atoms with Crippen molar-refractivity contribution < 1.29 is 13.2 Å². The van der Waals surface area contributed by atoms with Crippen molar-refractivity contribution >= 4 is 33.2 Å². The van der Waals surface area contributed by atoms with E-state index in [0.717, 1.165) is 6.26 Å². The van der Waals surface area contributed by atoms with Gasteiger partial charge in [-0.1, -0.05) is 72.3 Å². The van der Waals surface area contributed by atoms with E-state index in [1.807, 2.05) is 36.4 Å². The van der Waals surface area contributed by atoms with E-state index in [1.54, 1.807) is 17.0 Å². The average Bonchev–Trinajstić information content (AvgIpc) is 2.81. The van der Waals surface area contributed by atoms with Crippen LogP contribution in [0.15, 0.2) is 78.9 Å². The molecule has 0 unspecified atom stereocenters. The monoisotopic (exact) mass is 483 g/mol. The van der Waals surface area contributed by atoms with Crippen molar-refractivity contribution in [2.45, 2.75) is 6.04 Å². The maximum atomic E-state index is 13.2. The van der Waals surface area contributed by atoms with E-state index in [-0.39, 0.29) is 11.9 Å². The van der Waals surface area contributed by atoms with Gasteiger partial charge in [-0.15, -0.1) is 0 Å². The molecule has 33 heavy (non-hydrogen) atoms. The van der Waals surface area contributed by atoms with Crippen LogP contribution in [-0.2, 0) is 10.0 Å². The van der Waals surface area contributed by atoms with Crippen LogP contribution in [0.2, 0.25) is 5.02 Å². The molecule has 3 aromatic rings. The molecule has 3 aromatic carbocycles. The summed E-state index contributed by atoms with van der Waals surface area (Å²) in [5.41, 5.74) is 3.04. The molecule has 4 rings (SSSR count). The average molecular weight is 484 g/mol. The van der Waals surface area contributed by atoms with E-state index in [4.69, 9.17) is 11.6 Å². The van der Waals surface area contributed by atoms with Crippen LogP contribution in [0.4, 0.5) is 5.69 Å². The third kappa shape index (κ3) is 5.74. The fourth-order valence-electron chi connectivity index (χ4n) is 4.21. The molecule has 1 aliphatic heterocycles. The van der Waals surface area contributed by atoms with Gasteiger partial charge in [-0.2, -0.15) is 0 Å². The Labute approximate surface area is 199 Å². The number of carbonyl (C=O) groups is 1. The van der Waals surface area contributed by atoms with Crippen LogP contribution in [0.25, 0.3) is 0 Å². The lowest BCUT2D eigenvalue weighted by Gasteiger charge is -2.40. The smallest absolute Gasteiger partial charge is 0.255 e. The Morgan fingerprint density at radius 1 is 0.879 bits per heavy atom. The van der Waals surface area contributed by atoms with Crippen LogP contribution in [0.3, 0.4) is 0 Å². The van der Waals surface area contributed by atoms with Crippen molar-refractivity contribution in [2.24, 2.45) is 0 Å². The Kier molecular flexibility index (Phi) is 7.02. The highest BCUT2D eigenvalue weighted by atomic mass is 35.5. The molecule has 8 heteroatoms. The summed E-state index contributed by atoms with van der Waals surface area (Å²) in [5.74, 6) is -0.201. The summed E-state index contributed by atoms with van der Waals surface area (Å²) < 4.78 is 25.5. The molecule has 0 aliphatic carbocycles. The Balaban J connectivity index is 1.51. The first-order chi connectivity index (χ1) is 15.8. The van der Waals surface area contributed by atoms with Crippen molar-refractivity contribution in [3.63, 3.8) is 0 Å². The molecule has 172 valence electrons. The van der Waals surface area contributed by atoms with Gasteiger partial charge in [0, 0.05) is 31.9 Å². The number of amides is 1. The van der Waals surface area contributed by atoms with E-state index in [2.05, 4.69) is 33.9 Å². The number of rotatable bonds is 6. The van der Waals surface area contributed by atoms with Crippen LogP contribution in [-0.4, -0.2) is 56.6 Å². The number of sulfonamides is 1. The lowest BCUT2D eigenvalue weighted by Crippen LogP contribution is -2.49. The third-order valence-corrected chi connectivity index (χ3v) is 6.63. The zero-order valence-electron chi connectivity index (χ0n) is 18.3. The number of hydrogen-bond acceptors (Lipinski definition) is 4. The minimum absolute atomic E-state index is 0.107. The summed E-state index contributed by atoms with van der Waals surface area (Å²) >= 11 is 6.29. The van der Waals surface area contributed by atoms with Gasteiger partial charge in [-0.05, 0) is 29.3 Å². The van der Waals surface area contributed by atoms with Crippen LogP contribution in [0, 0.1) is 0 Å². The highest BCUT2D eigenvalue weighted by Gasteiger charge is 2.29. The number of carbonyl (C=O) groups excluding carboxylic acids is 1. The number of halogens is 1. The summed E-state index contributed by atoms with van der Waals surface area (Å²) in [5, 5.41) is 0.299. The van der Waals surface area contributed by atoms with Crippen LogP contribution >= 0.6 is 11.6 Å². The maximum Gasteiger partial charge on any atom is 0.255 e. The summed E-state index contributed by atoms with van der Waals surface area (Å²) in [7, 11) is -3.45. The molecule has 0 saturated carbocycles. The van der Waals surface area contributed by atoms with E-state index in [1.165, 1.54) is 17.2 Å². The quantitative estimate of drug-likeness (QED) is 0.568. The number of nitrogens with zero attached hydrogens (tertiary/aromatic N) is 2. The molecule has 1 N–H and O–H groups in total. The zero-order valence-corrected chi connectivity index (χ0v) is 19.9. The molecule has 0 bridgehead atoms. The van der Waals surface area contributed by atoms with Crippen molar-refractivity contribution in [1.82, 2.24) is 9.80 Å². The lowest BCUT2D eigenvalue weighted by molar-refractivity contribution is 0.0597. The van der Waals surface area contributed by atoms with E-state index in [9.17, 15) is 13.2 Å². The third-order valence-electron chi connectivity index (χ3n) is 5.70. The Morgan fingerprint density at radius 3 is 1.94 bits per heavy atom. The molecule has 6 nitrogen and oxygen atoms in total. The molecule has 0 radical (unpaired) electrons. The second kappa shape index (κ2) is 9.95. The first-order valence-corrected chi connectivity index (χ1v) is 13.0. The molecule has 1 fully saturated rings. The molecule has 0 atom stereocenters. The zero-order chi connectivity index (χ0) is 23.4. The normalized spacial score (nSPS) is 14.9. The fourth-order valence-corrected chi connectivity index (χ4v) is 4.96. The van der Waals surface area contributed by atoms with Gasteiger partial charge in [0.15, 0.2) is 0 Å². The standard InChI is InChI=1S/C25H26ClN3O3S/c1-33(31,32)27-21-12-13-23(26)22(18-21)25(30)29-16-14-28(15-17-29)24(19-8-4-2-5-9-19)20-10-6-3-7-11-20/h2-13,18,24,27H,14-17H2,1H3. The van der Waals surface area contributed by atoms with Gasteiger partial charge < -0.3 is 4.90 Å². The summed E-state index contributed by atoms with van der Waals surface area (Å²) in [6.45, 7) is 2.52. The Hall–Kier alpha value is -2.87. The Bertz CT molecular complexity index is 1170. The molecular weight excluding hydrogens is 458 g/mol. The number of hydrogen-bond donors (Lipinski definition) is 1. The van der Waals surface area contributed by atoms with Gasteiger partial charge in [0.2, 0.25) is 10.0 Å². The minimum atomic E-state index is -3.45. The predicted octanol–water partition coefficient (Wildman–Crippen LogP) is 4.26. The van der Waals surface area contributed by atoms with Crippen molar-refractivity contribution in [1.29, 1.82) is 0 Å². The molecule has 1 saturated heterocycles. The number of nitrogens with one attached hydrogen (secondary N) is 1. The van der Waals surface area contributed by atoms with Gasteiger partial charge in [0.05, 0.1) is 22.9 Å². The van der Waals surface area contributed by atoms with Crippen LogP contribution < -0.4 is 4.72 Å². The van der Waals surface area contributed by atoms with Gasteiger partial charge in [0.25, 0.3) is 5.91 Å². The number of anilines is 1.